The average Bonchev–Trinajstić information content (AvgIpc) is 3.11. The Morgan fingerprint density at radius 1 is 0.370 bits per heavy atom. The summed E-state index contributed by atoms with van der Waals surface area (Å²) >= 11 is 0. The lowest BCUT2D eigenvalue weighted by Crippen LogP contribution is -2.10. The zero-order valence-electron chi connectivity index (χ0n) is 26.0. The third kappa shape index (κ3) is 7.34. The minimum atomic E-state index is 1.13. The largest absolute Gasteiger partial charge is 0.310 e. The molecule has 6 aromatic carbocycles. The fourth-order valence-corrected chi connectivity index (χ4v) is 5.39. The van der Waals surface area contributed by atoms with Gasteiger partial charge in [0.2, 0.25) is 0 Å². The lowest BCUT2D eigenvalue weighted by molar-refractivity contribution is 0.969. The van der Waals surface area contributed by atoms with Crippen LogP contribution in [-0.2, 0) is 0 Å². The van der Waals surface area contributed by atoms with Crippen molar-refractivity contribution < 1.29 is 0 Å². The summed E-state index contributed by atoms with van der Waals surface area (Å²) in [6, 6.07) is 56.1. The van der Waals surface area contributed by atoms with Gasteiger partial charge in [0.05, 0.1) is 6.20 Å². The zero-order chi connectivity index (χ0) is 31.6. The van der Waals surface area contributed by atoms with Crippen LogP contribution in [0, 0.1) is 13.8 Å². The first-order valence-corrected chi connectivity index (χ1v) is 15.3. The van der Waals surface area contributed by atoms with Gasteiger partial charge < -0.3 is 9.80 Å². The van der Waals surface area contributed by atoms with Crippen molar-refractivity contribution in [2.24, 2.45) is 0 Å². The van der Waals surface area contributed by atoms with E-state index in [2.05, 4.69) is 197 Å². The Morgan fingerprint density at radius 3 is 1.11 bits per heavy atom. The highest BCUT2D eigenvalue weighted by atomic mass is 15.1. The van der Waals surface area contributed by atoms with Crippen LogP contribution < -0.4 is 9.80 Å². The van der Waals surface area contributed by atoms with E-state index < -0.39 is 0 Å². The van der Waals surface area contributed by atoms with Crippen LogP contribution in [0.4, 0.5) is 34.1 Å². The van der Waals surface area contributed by atoms with Gasteiger partial charge in [-0.25, -0.2) is 4.98 Å². The van der Waals surface area contributed by atoms with Crippen molar-refractivity contribution in [1.29, 1.82) is 0 Å². The summed E-state index contributed by atoms with van der Waals surface area (Å²) in [6.07, 6.45) is 4.49. The Balaban J connectivity index is 0.000000557. The normalized spacial score (nSPS) is 10.4. The van der Waals surface area contributed by atoms with Crippen molar-refractivity contribution in [2.75, 3.05) is 9.80 Å². The molecular weight excluding hydrogens is 562 g/mol. The molecule has 224 valence electrons. The number of nitrogens with zero attached hydrogens (tertiary/aromatic N) is 5. The summed E-state index contributed by atoms with van der Waals surface area (Å²) in [4.78, 5) is 8.22. The van der Waals surface area contributed by atoms with Crippen LogP contribution in [0.15, 0.2) is 176 Å². The van der Waals surface area contributed by atoms with Crippen LogP contribution >= 0.6 is 0 Å². The first kappa shape index (κ1) is 30.0. The highest BCUT2D eigenvalue weighted by molar-refractivity contribution is 5.80. The molecule has 46 heavy (non-hydrogen) atoms. The molecule has 7 aromatic rings. The summed E-state index contributed by atoms with van der Waals surface area (Å²) in [5.74, 6) is 0. The molecule has 0 atom stereocenters. The van der Waals surface area contributed by atoms with Crippen LogP contribution in [0.5, 0.6) is 0 Å². The molecule has 1 heterocycles. The van der Waals surface area contributed by atoms with E-state index in [1.54, 1.807) is 6.20 Å². The van der Waals surface area contributed by atoms with Crippen LogP contribution in [0.25, 0.3) is 11.1 Å². The van der Waals surface area contributed by atoms with E-state index in [9.17, 15) is 0 Å². The number of hydrogen-bond donors (Lipinski definition) is 0. The molecule has 0 aliphatic heterocycles. The maximum atomic E-state index is 3.61. The van der Waals surface area contributed by atoms with E-state index in [0.717, 1.165) is 34.1 Å². The van der Waals surface area contributed by atoms with Gasteiger partial charge in [-0.2, -0.15) is 5.10 Å². The van der Waals surface area contributed by atoms with Gasteiger partial charge in [-0.05, 0) is 109 Å². The number of anilines is 6. The number of aromatic nitrogens is 3. The van der Waals surface area contributed by atoms with E-state index in [1.807, 2.05) is 0 Å². The second-order valence-electron chi connectivity index (χ2n) is 10.9. The maximum absolute atomic E-state index is 3.61. The number of hydrogen-bond acceptors (Lipinski definition) is 5. The Morgan fingerprint density at radius 2 is 0.783 bits per heavy atom. The van der Waals surface area contributed by atoms with Gasteiger partial charge in [-0.15, -0.1) is 5.10 Å². The first-order valence-electron chi connectivity index (χ1n) is 15.3. The van der Waals surface area contributed by atoms with Gasteiger partial charge in [-0.1, -0.05) is 84.9 Å². The van der Waals surface area contributed by atoms with Crippen LogP contribution in [0.2, 0.25) is 0 Å². The van der Waals surface area contributed by atoms with E-state index in [0.29, 0.717) is 0 Å². The quantitative estimate of drug-likeness (QED) is 0.183. The Labute approximate surface area is 271 Å². The molecule has 0 N–H and O–H groups in total. The van der Waals surface area contributed by atoms with Gasteiger partial charge in [-0.3, -0.25) is 0 Å². The Hall–Kier alpha value is -6.07. The van der Waals surface area contributed by atoms with Crippen molar-refractivity contribution in [2.45, 2.75) is 13.8 Å². The van der Waals surface area contributed by atoms with Crippen LogP contribution in [0.1, 0.15) is 11.1 Å². The van der Waals surface area contributed by atoms with Crippen molar-refractivity contribution in [3.8, 4) is 11.1 Å². The van der Waals surface area contributed by atoms with E-state index >= 15 is 0 Å². The number of benzene rings is 6. The summed E-state index contributed by atoms with van der Waals surface area (Å²) in [5, 5.41) is 6.90. The molecule has 0 saturated carbocycles. The zero-order valence-corrected chi connectivity index (χ0v) is 26.0. The summed E-state index contributed by atoms with van der Waals surface area (Å²) in [5.41, 5.74) is 11.7. The Bertz CT molecular complexity index is 1790. The fraction of sp³-hybridized carbons (Fsp3) is 0.0488. The highest BCUT2D eigenvalue weighted by Gasteiger charge is 2.14. The smallest absolute Gasteiger partial charge is 0.138 e. The molecule has 0 amide bonds. The molecule has 0 aliphatic carbocycles. The van der Waals surface area contributed by atoms with Gasteiger partial charge in [0, 0.05) is 40.3 Å². The molecule has 0 bridgehead atoms. The lowest BCUT2D eigenvalue weighted by Gasteiger charge is -2.26. The number of rotatable bonds is 7. The van der Waals surface area contributed by atoms with Gasteiger partial charge in [0.25, 0.3) is 0 Å². The minimum absolute atomic E-state index is 1.13. The molecule has 0 unspecified atom stereocenters. The number of para-hydroxylation sites is 2. The van der Waals surface area contributed by atoms with Crippen molar-refractivity contribution >= 4 is 34.1 Å². The van der Waals surface area contributed by atoms with Gasteiger partial charge in [0.1, 0.15) is 6.33 Å². The molecular formula is C41H35N5. The van der Waals surface area contributed by atoms with E-state index in [-0.39, 0.29) is 0 Å². The average molecular weight is 598 g/mol. The van der Waals surface area contributed by atoms with Crippen LogP contribution in [-0.4, -0.2) is 15.2 Å². The number of aryl methyl sites for hydroxylation is 2. The fourth-order valence-electron chi connectivity index (χ4n) is 5.39. The molecule has 5 nitrogen and oxygen atoms in total. The summed E-state index contributed by atoms with van der Waals surface area (Å²) in [7, 11) is 0. The lowest BCUT2D eigenvalue weighted by atomic mass is 10.0. The van der Waals surface area contributed by atoms with Crippen molar-refractivity contribution in [1.82, 2.24) is 15.2 Å². The molecule has 5 heteroatoms. The second kappa shape index (κ2) is 14.6. The third-order valence-corrected chi connectivity index (χ3v) is 7.54. The topological polar surface area (TPSA) is 45.2 Å². The third-order valence-electron chi connectivity index (χ3n) is 7.54. The van der Waals surface area contributed by atoms with Gasteiger partial charge in [0.15, 0.2) is 0 Å². The Kier molecular flexibility index (Phi) is 9.52. The molecule has 0 saturated heterocycles. The SMILES string of the molecule is Cc1cccc(N(c2ccccc2)c2ccc(-c3ccc(N(c4ccccc4)c4cccc(C)c4)cc3)cc2)c1.c1cnncn1. The van der Waals surface area contributed by atoms with E-state index in [1.165, 1.54) is 34.8 Å². The highest BCUT2D eigenvalue weighted by Crippen LogP contribution is 2.38. The summed E-state index contributed by atoms with van der Waals surface area (Å²) < 4.78 is 0. The summed E-state index contributed by atoms with van der Waals surface area (Å²) in [6.45, 7) is 4.27. The molecule has 0 spiro atoms. The monoisotopic (exact) mass is 597 g/mol. The van der Waals surface area contributed by atoms with Gasteiger partial charge >= 0.3 is 0 Å². The first-order chi connectivity index (χ1) is 22.7. The molecule has 0 fully saturated rings. The maximum Gasteiger partial charge on any atom is 0.138 e. The standard InChI is InChI=1S/C38H32N2.C3H3N3/c1-29-11-9-17-37(27-29)39(33-13-5-3-6-14-33)35-23-19-31(20-24-35)32-21-25-36(26-22-32)40(34-15-7-4-8-16-34)38-18-10-12-30(2)28-38;1-2-5-6-3-4-1/h3-28H,1-2H3;1-3H. The van der Waals surface area contributed by atoms with Crippen molar-refractivity contribution in [3.05, 3.63) is 188 Å². The molecule has 7 rings (SSSR count). The predicted octanol–water partition coefficient (Wildman–Crippen LogP) is 10.8. The molecule has 0 radical (unpaired) electrons. The molecule has 0 aliphatic rings. The predicted molar refractivity (Wildman–Crippen MR) is 191 cm³/mol. The minimum Gasteiger partial charge on any atom is -0.310 e. The molecule has 1 aromatic heterocycles. The van der Waals surface area contributed by atoms with Crippen LogP contribution in [0.3, 0.4) is 0 Å². The second-order valence-corrected chi connectivity index (χ2v) is 10.9. The van der Waals surface area contributed by atoms with Crippen molar-refractivity contribution in [3.63, 3.8) is 0 Å². The van der Waals surface area contributed by atoms with E-state index in [4.69, 9.17) is 0 Å².